The van der Waals surface area contributed by atoms with Crippen LogP contribution in [0.2, 0.25) is 0 Å². The van der Waals surface area contributed by atoms with Crippen molar-refractivity contribution < 1.29 is 19.1 Å². The highest BCUT2D eigenvalue weighted by atomic mass is 32.1. The van der Waals surface area contributed by atoms with Crippen LogP contribution in [0.15, 0.2) is 60.0 Å². The zero-order chi connectivity index (χ0) is 22.2. The van der Waals surface area contributed by atoms with E-state index in [0.29, 0.717) is 40.8 Å². The van der Waals surface area contributed by atoms with Crippen molar-refractivity contribution in [1.82, 2.24) is 5.32 Å². The smallest absolute Gasteiger partial charge is 0.265 e. The molecular formula is C24H26N2O4S. The molecule has 0 aliphatic rings. The van der Waals surface area contributed by atoms with Crippen LogP contribution < -0.4 is 20.1 Å². The lowest BCUT2D eigenvalue weighted by Crippen LogP contribution is -2.28. The molecule has 31 heavy (non-hydrogen) atoms. The van der Waals surface area contributed by atoms with Gasteiger partial charge in [0.15, 0.2) is 11.5 Å². The first-order chi connectivity index (χ1) is 15.0. The van der Waals surface area contributed by atoms with E-state index in [4.69, 9.17) is 9.47 Å². The molecule has 7 heteroatoms. The molecule has 2 amide bonds. The van der Waals surface area contributed by atoms with Gasteiger partial charge in [0.25, 0.3) is 11.8 Å². The van der Waals surface area contributed by atoms with Crippen LogP contribution in [0.3, 0.4) is 0 Å². The van der Waals surface area contributed by atoms with E-state index in [1.54, 1.807) is 30.3 Å². The van der Waals surface area contributed by atoms with Gasteiger partial charge in [-0.3, -0.25) is 9.59 Å². The molecule has 0 radical (unpaired) electrons. The van der Waals surface area contributed by atoms with Gasteiger partial charge in [-0.25, -0.2) is 0 Å². The summed E-state index contributed by atoms with van der Waals surface area (Å²) in [4.78, 5) is 26.0. The van der Waals surface area contributed by atoms with Gasteiger partial charge in [-0.05, 0) is 62.0 Å². The highest BCUT2D eigenvalue weighted by molar-refractivity contribution is 7.12. The Hall–Kier alpha value is -3.32. The minimum absolute atomic E-state index is 0.240. The van der Waals surface area contributed by atoms with Crippen molar-refractivity contribution in [2.45, 2.75) is 26.8 Å². The molecule has 1 unspecified atom stereocenters. The molecule has 0 spiro atoms. The second kappa shape index (κ2) is 10.6. The second-order valence-electron chi connectivity index (χ2n) is 6.74. The third-order valence-electron chi connectivity index (χ3n) is 4.58. The van der Waals surface area contributed by atoms with Crippen LogP contribution in [0, 0.1) is 0 Å². The fraction of sp³-hybridized carbons (Fsp3) is 0.250. The minimum atomic E-state index is -0.276. The fourth-order valence-corrected chi connectivity index (χ4v) is 3.70. The van der Waals surface area contributed by atoms with Crippen molar-refractivity contribution >= 4 is 28.8 Å². The summed E-state index contributed by atoms with van der Waals surface area (Å²) >= 11 is 1.35. The molecule has 6 nitrogen and oxygen atoms in total. The molecule has 0 saturated heterocycles. The van der Waals surface area contributed by atoms with Crippen molar-refractivity contribution in [3.8, 4) is 11.5 Å². The van der Waals surface area contributed by atoms with Crippen LogP contribution in [-0.4, -0.2) is 25.0 Å². The first-order valence-corrected chi connectivity index (χ1v) is 11.1. The highest BCUT2D eigenvalue weighted by Gasteiger charge is 2.18. The van der Waals surface area contributed by atoms with E-state index in [9.17, 15) is 9.59 Å². The van der Waals surface area contributed by atoms with E-state index in [1.165, 1.54) is 11.3 Å². The van der Waals surface area contributed by atoms with E-state index in [0.717, 1.165) is 5.56 Å². The van der Waals surface area contributed by atoms with E-state index in [2.05, 4.69) is 10.6 Å². The molecule has 0 fully saturated rings. The molecule has 0 saturated carbocycles. The number of carbonyl (C=O) groups is 2. The number of ether oxygens (including phenoxy) is 2. The Bertz CT molecular complexity index is 1030. The van der Waals surface area contributed by atoms with E-state index in [-0.39, 0.29) is 17.9 Å². The van der Waals surface area contributed by atoms with Gasteiger partial charge in [0.1, 0.15) is 0 Å². The normalized spacial score (nSPS) is 11.5. The Labute approximate surface area is 186 Å². The van der Waals surface area contributed by atoms with Crippen molar-refractivity contribution in [2.75, 3.05) is 18.5 Å². The van der Waals surface area contributed by atoms with Crippen LogP contribution in [0.1, 0.15) is 52.4 Å². The van der Waals surface area contributed by atoms with Crippen molar-refractivity contribution in [2.24, 2.45) is 0 Å². The molecule has 3 rings (SSSR count). The van der Waals surface area contributed by atoms with Crippen LogP contribution >= 0.6 is 11.3 Å². The lowest BCUT2D eigenvalue weighted by Gasteiger charge is -2.18. The van der Waals surface area contributed by atoms with Crippen molar-refractivity contribution in [1.29, 1.82) is 0 Å². The van der Waals surface area contributed by atoms with Gasteiger partial charge in [0.05, 0.1) is 35.4 Å². The topological polar surface area (TPSA) is 76.7 Å². The molecule has 162 valence electrons. The summed E-state index contributed by atoms with van der Waals surface area (Å²) in [5, 5.41) is 7.66. The number of benzene rings is 2. The van der Waals surface area contributed by atoms with Crippen LogP contribution in [0.4, 0.5) is 5.69 Å². The van der Waals surface area contributed by atoms with Gasteiger partial charge < -0.3 is 20.1 Å². The van der Waals surface area contributed by atoms with Gasteiger partial charge >= 0.3 is 0 Å². The number of para-hydroxylation sites is 1. The Balaban J connectivity index is 1.76. The lowest BCUT2D eigenvalue weighted by atomic mass is 10.1. The van der Waals surface area contributed by atoms with Crippen molar-refractivity contribution in [3.05, 3.63) is 76.0 Å². The third-order valence-corrected chi connectivity index (χ3v) is 5.45. The average Bonchev–Trinajstić information content (AvgIpc) is 3.31. The lowest BCUT2D eigenvalue weighted by molar-refractivity contribution is 0.0940. The number of anilines is 1. The predicted octanol–water partition coefficient (Wildman–Crippen LogP) is 5.29. The van der Waals surface area contributed by atoms with E-state index >= 15 is 0 Å². The number of amides is 2. The molecule has 3 aromatic rings. The summed E-state index contributed by atoms with van der Waals surface area (Å²) in [5.74, 6) is 0.803. The molecule has 0 aliphatic carbocycles. The molecule has 1 heterocycles. The highest BCUT2D eigenvalue weighted by Crippen LogP contribution is 2.31. The number of rotatable bonds is 9. The zero-order valence-electron chi connectivity index (χ0n) is 17.8. The molecule has 2 N–H and O–H groups in total. The first-order valence-electron chi connectivity index (χ1n) is 10.2. The number of thiophene rings is 1. The molecule has 2 aromatic carbocycles. The standard InChI is InChI=1S/C24H26N2O4S/c1-4-29-20-13-12-17(15-21(20)30-5-2)16(3)25-23(27)18-9-6-7-10-19(18)26-24(28)22-11-8-14-31-22/h6-16H,4-5H2,1-3H3,(H,25,27)(H,26,28). The second-order valence-corrected chi connectivity index (χ2v) is 7.69. The van der Waals surface area contributed by atoms with Crippen LogP contribution in [0.25, 0.3) is 0 Å². The molecular weight excluding hydrogens is 412 g/mol. The number of carbonyl (C=O) groups excluding carboxylic acids is 2. The fourth-order valence-electron chi connectivity index (χ4n) is 3.08. The maximum Gasteiger partial charge on any atom is 0.265 e. The van der Waals surface area contributed by atoms with Crippen molar-refractivity contribution in [3.63, 3.8) is 0 Å². The Kier molecular flexibility index (Phi) is 7.67. The number of hydrogen-bond acceptors (Lipinski definition) is 5. The van der Waals surface area contributed by atoms with Gasteiger partial charge in [-0.2, -0.15) is 0 Å². The maximum atomic E-state index is 13.0. The summed E-state index contributed by atoms with van der Waals surface area (Å²) in [6.07, 6.45) is 0. The van der Waals surface area contributed by atoms with Crippen LogP contribution in [0.5, 0.6) is 11.5 Å². The molecule has 0 aliphatic heterocycles. The minimum Gasteiger partial charge on any atom is -0.490 e. The Morgan fingerprint density at radius 2 is 1.68 bits per heavy atom. The summed E-state index contributed by atoms with van der Waals surface area (Å²) in [5.41, 5.74) is 1.75. The van der Waals surface area contributed by atoms with Gasteiger partial charge in [-0.15, -0.1) is 11.3 Å². The zero-order valence-corrected chi connectivity index (χ0v) is 18.6. The average molecular weight is 439 g/mol. The third kappa shape index (κ3) is 5.64. The Morgan fingerprint density at radius 3 is 2.39 bits per heavy atom. The number of nitrogens with one attached hydrogen (secondary N) is 2. The monoisotopic (exact) mass is 438 g/mol. The number of hydrogen-bond donors (Lipinski definition) is 2. The van der Waals surface area contributed by atoms with E-state index < -0.39 is 0 Å². The SMILES string of the molecule is CCOc1ccc(C(C)NC(=O)c2ccccc2NC(=O)c2cccs2)cc1OCC. The first kappa shape index (κ1) is 22.4. The maximum absolute atomic E-state index is 13.0. The quantitative estimate of drug-likeness (QED) is 0.476. The van der Waals surface area contributed by atoms with E-state index in [1.807, 2.05) is 50.4 Å². The predicted molar refractivity (Wildman–Crippen MR) is 123 cm³/mol. The van der Waals surface area contributed by atoms with Crippen LogP contribution in [-0.2, 0) is 0 Å². The molecule has 1 atom stereocenters. The summed E-state index contributed by atoms with van der Waals surface area (Å²) in [7, 11) is 0. The summed E-state index contributed by atoms with van der Waals surface area (Å²) in [6.45, 7) is 6.79. The van der Waals surface area contributed by atoms with Gasteiger partial charge in [0.2, 0.25) is 0 Å². The Morgan fingerprint density at radius 1 is 0.935 bits per heavy atom. The largest absolute Gasteiger partial charge is 0.490 e. The summed E-state index contributed by atoms with van der Waals surface area (Å²) in [6, 6.07) is 15.9. The summed E-state index contributed by atoms with van der Waals surface area (Å²) < 4.78 is 11.3. The van der Waals surface area contributed by atoms with Gasteiger partial charge in [-0.1, -0.05) is 24.3 Å². The molecule has 0 bridgehead atoms. The van der Waals surface area contributed by atoms with Gasteiger partial charge in [0, 0.05) is 0 Å². The molecule has 1 aromatic heterocycles.